The van der Waals surface area contributed by atoms with Gasteiger partial charge < -0.3 is 14.9 Å². The molecule has 19 heavy (non-hydrogen) atoms. The van der Waals surface area contributed by atoms with Gasteiger partial charge in [0, 0.05) is 46.3 Å². The molecule has 0 aliphatic carbocycles. The molecule has 6 nitrogen and oxygen atoms in total. The van der Waals surface area contributed by atoms with Crippen LogP contribution >= 0.6 is 0 Å². The van der Waals surface area contributed by atoms with E-state index < -0.39 is 5.97 Å². The van der Waals surface area contributed by atoms with Crippen LogP contribution in [0.25, 0.3) is 0 Å². The number of carbonyl (C=O) groups excluding carboxylic acids is 1. The first-order valence-corrected chi connectivity index (χ1v) is 6.89. The Balaban J connectivity index is 1.70. The largest absolute Gasteiger partial charge is 0.481 e. The monoisotopic (exact) mass is 269 g/mol. The molecule has 2 aliphatic heterocycles. The lowest BCUT2D eigenvalue weighted by molar-refractivity contribution is -0.140. The SMILES string of the molecule is CN(C)C(=O)N1CCC(N2CC(CC(=O)O)C2)CC1. The Bertz CT molecular complexity index is 345. The fourth-order valence-electron chi connectivity index (χ4n) is 2.99. The quantitative estimate of drug-likeness (QED) is 0.812. The summed E-state index contributed by atoms with van der Waals surface area (Å²) < 4.78 is 0. The first kappa shape index (κ1) is 14.1. The van der Waals surface area contributed by atoms with Crippen LogP contribution in [-0.2, 0) is 4.79 Å². The third-order valence-corrected chi connectivity index (χ3v) is 4.08. The van der Waals surface area contributed by atoms with Crippen molar-refractivity contribution in [1.29, 1.82) is 0 Å². The summed E-state index contributed by atoms with van der Waals surface area (Å²) in [4.78, 5) is 28.3. The molecule has 0 atom stereocenters. The fourth-order valence-corrected chi connectivity index (χ4v) is 2.99. The predicted molar refractivity (Wildman–Crippen MR) is 71.0 cm³/mol. The summed E-state index contributed by atoms with van der Waals surface area (Å²) in [6.07, 6.45) is 2.28. The van der Waals surface area contributed by atoms with Crippen molar-refractivity contribution >= 4 is 12.0 Å². The van der Waals surface area contributed by atoms with E-state index in [1.807, 2.05) is 4.90 Å². The van der Waals surface area contributed by atoms with Crippen LogP contribution in [0.1, 0.15) is 19.3 Å². The summed E-state index contributed by atoms with van der Waals surface area (Å²) in [5, 5.41) is 8.73. The molecule has 0 bridgehead atoms. The van der Waals surface area contributed by atoms with Crippen LogP contribution in [-0.4, -0.2) is 78.1 Å². The molecule has 0 radical (unpaired) electrons. The lowest BCUT2D eigenvalue weighted by atomic mass is 9.91. The van der Waals surface area contributed by atoms with Crippen molar-refractivity contribution in [2.45, 2.75) is 25.3 Å². The highest BCUT2D eigenvalue weighted by Gasteiger charge is 2.35. The van der Waals surface area contributed by atoms with Crippen molar-refractivity contribution in [2.75, 3.05) is 40.3 Å². The van der Waals surface area contributed by atoms with Gasteiger partial charge in [-0.25, -0.2) is 4.79 Å². The summed E-state index contributed by atoms with van der Waals surface area (Å²) in [5.41, 5.74) is 0. The highest BCUT2D eigenvalue weighted by molar-refractivity contribution is 5.73. The molecule has 2 rings (SSSR count). The number of carboxylic acid groups (broad SMARTS) is 1. The summed E-state index contributed by atoms with van der Waals surface area (Å²) in [7, 11) is 3.56. The first-order chi connectivity index (χ1) is 8.97. The van der Waals surface area contributed by atoms with E-state index in [1.54, 1.807) is 19.0 Å². The number of carbonyl (C=O) groups is 2. The highest BCUT2D eigenvalue weighted by Crippen LogP contribution is 2.27. The van der Waals surface area contributed by atoms with Gasteiger partial charge in [0.2, 0.25) is 0 Å². The molecule has 0 aromatic rings. The Hall–Kier alpha value is -1.30. The van der Waals surface area contributed by atoms with E-state index in [1.165, 1.54) is 0 Å². The van der Waals surface area contributed by atoms with Crippen LogP contribution in [0.5, 0.6) is 0 Å². The van der Waals surface area contributed by atoms with Gasteiger partial charge in [0.25, 0.3) is 0 Å². The minimum atomic E-state index is -0.698. The van der Waals surface area contributed by atoms with Crippen molar-refractivity contribution in [3.05, 3.63) is 0 Å². The van der Waals surface area contributed by atoms with Crippen molar-refractivity contribution in [1.82, 2.24) is 14.7 Å². The van der Waals surface area contributed by atoms with Gasteiger partial charge >= 0.3 is 12.0 Å². The minimum absolute atomic E-state index is 0.0887. The smallest absolute Gasteiger partial charge is 0.319 e. The van der Waals surface area contributed by atoms with Crippen LogP contribution in [0.4, 0.5) is 4.79 Å². The zero-order valence-electron chi connectivity index (χ0n) is 11.7. The van der Waals surface area contributed by atoms with E-state index in [2.05, 4.69) is 4.90 Å². The molecule has 2 saturated heterocycles. The van der Waals surface area contributed by atoms with Crippen LogP contribution in [0.2, 0.25) is 0 Å². The molecular weight excluding hydrogens is 246 g/mol. The highest BCUT2D eigenvalue weighted by atomic mass is 16.4. The van der Waals surface area contributed by atoms with Crippen LogP contribution < -0.4 is 0 Å². The molecule has 108 valence electrons. The standard InChI is InChI=1S/C13H23N3O3/c1-14(2)13(19)15-5-3-11(4-6-15)16-8-10(9-16)7-12(17)18/h10-11H,3-9H2,1-2H3,(H,17,18). The van der Waals surface area contributed by atoms with Crippen molar-refractivity contribution in [3.8, 4) is 0 Å². The Morgan fingerprint density at radius 3 is 2.26 bits per heavy atom. The molecule has 2 aliphatic rings. The van der Waals surface area contributed by atoms with E-state index in [0.29, 0.717) is 12.0 Å². The Morgan fingerprint density at radius 1 is 1.21 bits per heavy atom. The average molecular weight is 269 g/mol. The number of nitrogens with zero attached hydrogens (tertiary/aromatic N) is 3. The van der Waals surface area contributed by atoms with Gasteiger partial charge in [0.15, 0.2) is 0 Å². The van der Waals surface area contributed by atoms with Crippen molar-refractivity contribution < 1.29 is 14.7 Å². The molecule has 0 aromatic carbocycles. The van der Waals surface area contributed by atoms with E-state index in [4.69, 9.17) is 5.11 Å². The normalized spacial score (nSPS) is 22.1. The molecule has 2 amide bonds. The van der Waals surface area contributed by atoms with Crippen LogP contribution in [0, 0.1) is 5.92 Å². The Labute approximate surface area is 114 Å². The zero-order valence-corrected chi connectivity index (χ0v) is 11.7. The number of likely N-dealkylation sites (tertiary alicyclic amines) is 2. The number of carboxylic acids is 1. The Morgan fingerprint density at radius 2 is 1.79 bits per heavy atom. The second-order valence-electron chi connectivity index (χ2n) is 5.81. The molecule has 0 unspecified atom stereocenters. The first-order valence-electron chi connectivity index (χ1n) is 6.89. The molecule has 0 spiro atoms. The summed E-state index contributed by atoms with van der Waals surface area (Å²) in [6, 6.07) is 0.613. The molecular formula is C13H23N3O3. The molecule has 0 aromatic heterocycles. The number of rotatable bonds is 3. The third kappa shape index (κ3) is 3.37. The molecule has 2 fully saturated rings. The summed E-state index contributed by atoms with van der Waals surface area (Å²) in [5.74, 6) is -0.380. The zero-order chi connectivity index (χ0) is 14.0. The maximum atomic E-state index is 11.8. The fraction of sp³-hybridized carbons (Fsp3) is 0.846. The second kappa shape index (κ2) is 5.77. The second-order valence-corrected chi connectivity index (χ2v) is 5.81. The number of urea groups is 1. The van der Waals surface area contributed by atoms with Crippen LogP contribution in [0.3, 0.4) is 0 Å². The summed E-state index contributed by atoms with van der Waals surface area (Å²) in [6.45, 7) is 3.42. The lowest BCUT2D eigenvalue weighted by Gasteiger charge is -2.47. The molecule has 6 heteroatoms. The maximum absolute atomic E-state index is 11.8. The predicted octanol–water partition coefficient (Wildman–Crippen LogP) is 0.539. The number of hydrogen-bond acceptors (Lipinski definition) is 3. The van der Waals surface area contributed by atoms with Gasteiger partial charge in [-0.2, -0.15) is 0 Å². The van der Waals surface area contributed by atoms with E-state index in [0.717, 1.165) is 39.0 Å². The van der Waals surface area contributed by atoms with Gasteiger partial charge in [-0.3, -0.25) is 9.69 Å². The van der Waals surface area contributed by atoms with Crippen LogP contribution in [0.15, 0.2) is 0 Å². The molecule has 2 heterocycles. The molecule has 1 N–H and O–H groups in total. The van der Waals surface area contributed by atoms with E-state index in [9.17, 15) is 9.59 Å². The maximum Gasteiger partial charge on any atom is 0.319 e. The van der Waals surface area contributed by atoms with Crippen molar-refractivity contribution in [2.24, 2.45) is 5.92 Å². The van der Waals surface area contributed by atoms with Crippen molar-refractivity contribution in [3.63, 3.8) is 0 Å². The lowest BCUT2D eigenvalue weighted by Crippen LogP contribution is -2.56. The van der Waals surface area contributed by atoms with Gasteiger partial charge in [-0.15, -0.1) is 0 Å². The average Bonchev–Trinajstić information content (AvgIpc) is 2.32. The Kier molecular flexibility index (Phi) is 4.29. The summed E-state index contributed by atoms with van der Waals surface area (Å²) >= 11 is 0. The number of aliphatic carboxylic acids is 1. The number of amides is 2. The molecule has 0 saturated carbocycles. The topological polar surface area (TPSA) is 64.1 Å². The van der Waals surface area contributed by atoms with Gasteiger partial charge in [-0.05, 0) is 18.8 Å². The van der Waals surface area contributed by atoms with Gasteiger partial charge in [-0.1, -0.05) is 0 Å². The van der Waals surface area contributed by atoms with E-state index >= 15 is 0 Å². The van der Waals surface area contributed by atoms with Gasteiger partial charge in [0.1, 0.15) is 0 Å². The van der Waals surface area contributed by atoms with Gasteiger partial charge in [0.05, 0.1) is 6.42 Å². The minimum Gasteiger partial charge on any atom is -0.481 e. The number of piperidine rings is 1. The van der Waals surface area contributed by atoms with E-state index in [-0.39, 0.29) is 12.5 Å². The number of hydrogen-bond donors (Lipinski definition) is 1. The third-order valence-electron chi connectivity index (χ3n) is 4.08.